The number of methoxy groups -OCH3 is 1. The van der Waals surface area contributed by atoms with Gasteiger partial charge in [0.25, 0.3) is 5.91 Å². The first kappa shape index (κ1) is 22.9. The Morgan fingerprint density at radius 1 is 1.00 bits per heavy atom. The molecule has 0 aliphatic rings. The van der Waals surface area contributed by atoms with Crippen molar-refractivity contribution in [2.75, 3.05) is 23.0 Å². The zero-order valence-corrected chi connectivity index (χ0v) is 19.1. The summed E-state index contributed by atoms with van der Waals surface area (Å²) in [5.74, 6) is 0.239. The minimum absolute atomic E-state index is 0.0350. The van der Waals surface area contributed by atoms with Crippen molar-refractivity contribution in [3.63, 3.8) is 0 Å². The lowest BCUT2D eigenvalue weighted by molar-refractivity contribution is 0.102. The first-order chi connectivity index (χ1) is 14.7. The smallest absolute Gasteiger partial charge is 0.255 e. The van der Waals surface area contributed by atoms with Crippen molar-refractivity contribution in [1.82, 2.24) is 0 Å². The molecule has 6 nitrogen and oxygen atoms in total. The normalized spacial score (nSPS) is 11.1. The zero-order chi connectivity index (χ0) is 22.6. The van der Waals surface area contributed by atoms with E-state index in [1.165, 1.54) is 11.4 Å². The number of hydrogen-bond donors (Lipinski definition) is 1. The third-order valence-corrected chi connectivity index (χ3v) is 6.43. The van der Waals surface area contributed by atoms with Crippen LogP contribution < -0.4 is 14.4 Å². The van der Waals surface area contributed by atoms with Crippen LogP contribution in [0.1, 0.15) is 15.9 Å². The number of carbonyl (C=O) groups excluding carboxylic acids is 1. The molecule has 0 heterocycles. The van der Waals surface area contributed by atoms with E-state index in [2.05, 4.69) is 5.32 Å². The minimum atomic E-state index is -3.63. The largest absolute Gasteiger partial charge is 0.495 e. The number of carbonyl (C=O) groups is 1. The van der Waals surface area contributed by atoms with Gasteiger partial charge in [0.15, 0.2) is 0 Å². The number of rotatable bonds is 7. The molecule has 0 fully saturated rings. The number of ether oxygens (including phenoxy) is 1. The van der Waals surface area contributed by atoms with Gasteiger partial charge in [-0.25, -0.2) is 8.42 Å². The van der Waals surface area contributed by atoms with Crippen LogP contribution >= 0.6 is 23.2 Å². The third kappa shape index (κ3) is 5.50. The molecule has 0 aromatic heterocycles. The molecule has 0 aliphatic heterocycles. The number of nitrogens with zero attached hydrogens (tertiary/aromatic N) is 1. The molecule has 0 atom stereocenters. The number of benzene rings is 3. The monoisotopic (exact) mass is 478 g/mol. The molecule has 0 spiro atoms. The SMILES string of the molecule is COc1ccccc1NC(=O)c1ccc(CN(c2cccc(Cl)c2Cl)S(C)(=O)=O)cc1. The van der Waals surface area contributed by atoms with Crippen molar-refractivity contribution < 1.29 is 17.9 Å². The lowest BCUT2D eigenvalue weighted by Gasteiger charge is -2.24. The zero-order valence-electron chi connectivity index (χ0n) is 16.8. The van der Waals surface area contributed by atoms with E-state index in [0.29, 0.717) is 22.6 Å². The van der Waals surface area contributed by atoms with Crippen LogP contribution in [0.3, 0.4) is 0 Å². The second-order valence-corrected chi connectivity index (χ2v) is 9.39. The van der Waals surface area contributed by atoms with Gasteiger partial charge >= 0.3 is 0 Å². The van der Waals surface area contributed by atoms with Gasteiger partial charge in [0, 0.05) is 5.56 Å². The minimum Gasteiger partial charge on any atom is -0.495 e. The maximum Gasteiger partial charge on any atom is 0.255 e. The van der Waals surface area contributed by atoms with Gasteiger partial charge in [-0.3, -0.25) is 9.10 Å². The molecular formula is C22H20Cl2N2O4S. The number of halogens is 2. The quantitative estimate of drug-likeness (QED) is 0.504. The molecule has 1 amide bonds. The summed E-state index contributed by atoms with van der Waals surface area (Å²) in [7, 11) is -2.11. The number of sulfonamides is 1. The summed E-state index contributed by atoms with van der Waals surface area (Å²) in [5, 5.41) is 3.21. The Morgan fingerprint density at radius 3 is 2.32 bits per heavy atom. The molecule has 0 radical (unpaired) electrons. The fourth-order valence-corrected chi connectivity index (χ4v) is 4.28. The highest BCUT2D eigenvalue weighted by atomic mass is 35.5. The van der Waals surface area contributed by atoms with Gasteiger partial charge in [-0.1, -0.05) is 53.5 Å². The fraction of sp³-hybridized carbons (Fsp3) is 0.136. The van der Waals surface area contributed by atoms with Crippen LogP contribution in [0.25, 0.3) is 0 Å². The van der Waals surface area contributed by atoms with Crippen LogP contribution in [0.15, 0.2) is 66.7 Å². The summed E-state index contributed by atoms with van der Waals surface area (Å²) in [6.45, 7) is 0.0350. The van der Waals surface area contributed by atoms with Gasteiger partial charge in [-0.05, 0) is 42.0 Å². The molecule has 0 bridgehead atoms. The van der Waals surface area contributed by atoms with Crippen LogP contribution in [0.2, 0.25) is 10.0 Å². The lowest BCUT2D eigenvalue weighted by Crippen LogP contribution is -2.29. The highest BCUT2D eigenvalue weighted by Crippen LogP contribution is 2.34. The van der Waals surface area contributed by atoms with Crippen LogP contribution in [0.5, 0.6) is 5.75 Å². The molecule has 3 rings (SSSR count). The summed E-state index contributed by atoms with van der Waals surface area (Å²) in [6, 6.07) is 18.5. The molecule has 31 heavy (non-hydrogen) atoms. The molecule has 3 aromatic carbocycles. The highest BCUT2D eigenvalue weighted by Gasteiger charge is 2.21. The molecule has 9 heteroatoms. The van der Waals surface area contributed by atoms with E-state index in [1.807, 2.05) is 6.07 Å². The average molecular weight is 479 g/mol. The predicted octanol–water partition coefficient (Wildman–Crippen LogP) is 5.22. The Morgan fingerprint density at radius 2 is 1.68 bits per heavy atom. The fourth-order valence-electron chi connectivity index (χ4n) is 2.94. The van der Waals surface area contributed by atoms with E-state index in [4.69, 9.17) is 27.9 Å². The van der Waals surface area contributed by atoms with Crippen molar-refractivity contribution in [3.8, 4) is 5.75 Å². The van der Waals surface area contributed by atoms with Crippen LogP contribution in [-0.2, 0) is 16.6 Å². The van der Waals surface area contributed by atoms with E-state index in [9.17, 15) is 13.2 Å². The van der Waals surface area contributed by atoms with Gasteiger partial charge in [-0.15, -0.1) is 0 Å². The van der Waals surface area contributed by atoms with Crippen LogP contribution in [0.4, 0.5) is 11.4 Å². The molecule has 0 unspecified atom stereocenters. The van der Waals surface area contributed by atoms with Crippen molar-refractivity contribution in [2.24, 2.45) is 0 Å². The van der Waals surface area contributed by atoms with Gasteiger partial charge < -0.3 is 10.1 Å². The third-order valence-electron chi connectivity index (χ3n) is 4.50. The van der Waals surface area contributed by atoms with E-state index in [0.717, 1.165) is 6.26 Å². The van der Waals surface area contributed by atoms with Gasteiger partial charge in [-0.2, -0.15) is 0 Å². The van der Waals surface area contributed by atoms with Gasteiger partial charge in [0.05, 0.1) is 41.3 Å². The Balaban J connectivity index is 1.81. The second kappa shape index (κ2) is 9.60. The summed E-state index contributed by atoms with van der Waals surface area (Å²) in [4.78, 5) is 12.6. The van der Waals surface area contributed by atoms with Crippen molar-refractivity contribution >= 4 is 50.5 Å². The van der Waals surface area contributed by atoms with Gasteiger partial charge in [0.2, 0.25) is 10.0 Å². The first-order valence-corrected chi connectivity index (χ1v) is 11.8. The molecule has 0 saturated heterocycles. The number of anilines is 2. The van der Waals surface area contributed by atoms with Crippen molar-refractivity contribution in [1.29, 1.82) is 0 Å². The van der Waals surface area contributed by atoms with Crippen LogP contribution in [0, 0.1) is 0 Å². The second-order valence-electron chi connectivity index (χ2n) is 6.69. The van der Waals surface area contributed by atoms with Crippen molar-refractivity contribution in [3.05, 3.63) is 87.9 Å². The summed E-state index contributed by atoms with van der Waals surface area (Å²) < 4.78 is 31.2. The molecule has 162 valence electrons. The highest BCUT2D eigenvalue weighted by molar-refractivity contribution is 7.92. The van der Waals surface area contributed by atoms with E-state index >= 15 is 0 Å². The van der Waals surface area contributed by atoms with Crippen LogP contribution in [-0.4, -0.2) is 27.7 Å². The molecule has 3 aromatic rings. The summed E-state index contributed by atoms with van der Waals surface area (Å²) >= 11 is 12.3. The van der Waals surface area contributed by atoms with E-state index in [-0.39, 0.29) is 28.2 Å². The number of hydrogen-bond acceptors (Lipinski definition) is 4. The average Bonchev–Trinajstić information content (AvgIpc) is 2.74. The molecule has 1 N–H and O–H groups in total. The van der Waals surface area contributed by atoms with E-state index < -0.39 is 10.0 Å². The Labute approximate surface area is 191 Å². The topological polar surface area (TPSA) is 75.7 Å². The maximum absolute atomic E-state index is 12.6. The molecular weight excluding hydrogens is 459 g/mol. The standard InChI is InChI=1S/C22H20Cl2N2O4S/c1-30-20-9-4-3-7-18(20)25-22(27)16-12-10-15(11-13-16)14-26(31(2,28)29)19-8-5-6-17(23)21(19)24/h3-13H,14H2,1-2H3,(H,25,27). The maximum atomic E-state index is 12.6. The molecule has 0 saturated carbocycles. The Bertz CT molecular complexity index is 1200. The lowest BCUT2D eigenvalue weighted by atomic mass is 10.1. The first-order valence-electron chi connectivity index (χ1n) is 9.15. The molecule has 0 aliphatic carbocycles. The van der Waals surface area contributed by atoms with Gasteiger partial charge in [0.1, 0.15) is 5.75 Å². The summed E-state index contributed by atoms with van der Waals surface area (Å²) in [6.07, 6.45) is 1.10. The Kier molecular flexibility index (Phi) is 7.10. The number of para-hydroxylation sites is 2. The Hall–Kier alpha value is -2.74. The summed E-state index contributed by atoms with van der Waals surface area (Å²) in [5.41, 5.74) is 1.93. The number of nitrogens with one attached hydrogen (secondary N) is 1. The number of amides is 1. The van der Waals surface area contributed by atoms with E-state index in [1.54, 1.807) is 60.7 Å². The predicted molar refractivity (Wildman–Crippen MR) is 125 cm³/mol. The van der Waals surface area contributed by atoms with Crippen molar-refractivity contribution in [2.45, 2.75) is 6.54 Å².